The van der Waals surface area contributed by atoms with E-state index in [1.807, 2.05) is 13.8 Å². The first kappa shape index (κ1) is 21.6. The normalized spacial score (nSPS) is 18.9. The second-order valence-electron chi connectivity index (χ2n) is 6.97. The summed E-state index contributed by atoms with van der Waals surface area (Å²) in [4.78, 5) is 48.5. The number of Topliss-reactive ketones (excluding diaryl/α,β-unsaturated/α-hetero) is 1. The highest BCUT2D eigenvalue weighted by Gasteiger charge is 2.49. The van der Waals surface area contributed by atoms with Crippen LogP contribution in [-0.4, -0.2) is 55.0 Å². The van der Waals surface area contributed by atoms with E-state index in [0.29, 0.717) is 12.0 Å². The lowest BCUT2D eigenvalue weighted by Crippen LogP contribution is -2.46. The monoisotopic (exact) mass is 390 g/mol. The summed E-state index contributed by atoms with van der Waals surface area (Å²) >= 11 is 0. The minimum atomic E-state index is -0.804. The van der Waals surface area contributed by atoms with E-state index >= 15 is 0 Å². The van der Waals surface area contributed by atoms with Crippen LogP contribution in [0.3, 0.4) is 0 Å². The molecule has 3 unspecified atom stereocenters. The SMILES string of the molecule is CCOC(=O)C1NC1C(=O)NC(CC(C)C)C(=O)COC(=O)c1ccccc1. The van der Waals surface area contributed by atoms with Gasteiger partial charge in [0.2, 0.25) is 5.91 Å². The number of esters is 2. The molecule has 0 saturated carbocycles. The maximum absolute atomic E-state index is 12.5. The average Bonchev–Trinajstić information content (AvgIpc) is 3.47. The third kappa shape index (κ3) is 6.16. The highest BCUT2D eigenvalue weighted by Crippen LogP contribution is 2.15. The fraction of sp³-hybridized carbons (Fsp3) is 0.500. The van der Waals surface area contributed by atoms with Crippen LogP contribution in [0, 0.1) is 5.92 Å². The van der Waals surface area contributed by atoms with Crippen LogP contribution in [0.25, 0.3) is 0 Å². The van der Waals surface area contributed by atoms with Crippen molar-refractivity contribution in [3.05, 3.63) is 35.9 Å². The molecule has 1 fully saturated rings. The molecular formula is C20H26N2O6. The van der Waals surface area contributed by atoms with Crippen LogP contribution in [0.5, 0.6) is 0 Å². The summed E-state index contributed by atoms with van der Waals surface area (Å²) in [6.07, 6.45) is 0.393. The second-order valence-corrected chi connectivity index (χ2v) is 6.97. The van der Waals surface area contributed by atoms with Crippen molar-refractivity contribution in [2.24, 2.45) is 5.92 Å². The number of carbonyl (C=O) groups excluding carboxylic acids is 4. The number of ketones is 1. The van der Waals surface area contributed by atoms with E-state index < -0.39 is 48.4 Å². The Bertz CT molecular complexity index is 719. The minimum absolute atomic E-state index is 0.132. The second kappa shape index (κ2) is 9.98. The summed E-state index contributed by atoms with van der Waals surface area (Å²) in [6, 6.07) is 6.14. The van der Waals surface area contributed by atoms with Crippen molar-refractivity contribution in [1.82, 2.24) is 10.6 Å². The van der Waals surface area contributed by atoms with Gasteiger partial charge < -0.3 is 14.8 Å². The van der Waals surface area contributed by atoms with Crippen LogP contribution in [0.4, 0.5) is 0 Å². The Morgan fingerprint density at radius 1 is 1.07 bits per heavy atom. The number of nitrogens with one attached hydrogen (secondary N) is 2. The first-order valence-electron chi connectivity index (χ1n) is 9.31. The molecule has 2 N–H and O–H groups in total. The zero-order chi connectivity index (χ0) is 20.7. The predicted molar refractivity (Wildman–Crippen MR) is 100 cm³/mol. The summed E-state index contributed by atoms with van der Waals surface area (Å²) in [6.45, 7) is 5.30. The lowest BCUT2D eigenvalue weighted by Gasteiger charge is -2.19. The molecule has 2 rings (SSSR count). The van der Waals surface area contributed by atoms with E-state index in [9.17, 15) is 19.2 Å². The molecular weight excluding hydrogens is 364 g/mol. The van der Waals surface area contributed by atoms with Crippen LogP contribution < -0.4 is 10.6 Å². The molecule has 1 saturated heterocycles. The number of carbonyl (C=O) groups is 4. The molecule has 0 bridgehead atoms. The molecule has 1 aliphatic rings. The van der Waals surface area contributed by atoms with E-state index in [0.717, 1.165) is 0 Å². The smallest absolute Gasteiger partial charge is 0.338 e. The topological polar surface area (TPSA) is 121 Å². The van der Waals surface area contributed by atoms with Crippen LogP contribution in [0.2, 0.25) is 0 Å². The number of hydrogen-bond donors (Lipinski definition) is 2. The van der Waals surface area contributed by atoms with Gasteiger partial charge >= 0.3 is 11.9 Å². The van der Waals surface area contributed by atoms with E-state index in [1.165, 1.54) is 0 Å². The number of hydrogen-bond acceptors (Lipinski definition) is 7. The average molecular weight is 390 g/mol. The van der Waals surface area contributed by atoms with Crippen molar-refractivity contribution >= 4 is 23.6 Å². The Morgan fingerprint density at radius 3 is 2.36 bits per heavy atom. The first-order valence-corrected chi connectivity index (χ1v) is 9.31. The van der Waals surface area contributed by atoms with Crippen LogP contribution in [-0.2, 0) is 23.9 Å². The van der Waals surface area contributed by atoms with Crippen molar-refractivity contribution in [3.8, 4) is 0 Å². The van der Waals surface area contributed by atoms with E-state index in [2.05, 4.69) is 10.6 Å². The molecule has 1 aromatic carbocycles. The third-order valence-electron chi connectivity index (χ3n) is 4.17. The van der Waals surface area contributed by atoms with E-state index in [-0.39, 0.29) is 12.5 Å². The summed E-state index contributed by atoms with van der Waals surface area (Å²) in [5, 5.41) is 5.39. The van der Waals surface area contributed by atoms with Gasteiger partial charge in [0.25, 0.3) is 0 Å². The zero-order valence-electron chi connectivity index (χ0n) is 16.3. The van der Waals surface area contributed by atoms with Crippen molar-refractivity contribution in [3.63, 3.8) is 0 Å². The van der Waals surface area contributed by atoms with Crippen molar-refractivity contribution < 1.29 is 28.7 Å². The van der Waals surface area contributed by atoms with Gasteiger partial charge in [-0.05, 0) is 31.4 Å². The molecule has 0 radical (unpaired) electrons. The number of rotatable bonds is 10. The Labute approximate surface area is 164 Å². The lowest BCUT2D eigenvalue weighted by molar-refractivity contribution is -0.143. The lowest BCUT2D eigenvalue weighted by atomic mass is 10.00. The maximum Gasteiger partial charge on any atom is 0.338 e. The third-order valence-corrected chi connectivity index (χ3v) is 4.17. The molecule has 0 aliphatic carbocycles. The molecule has 1 amide bonds. The Kier molecular flexibility index (Phi) is 7.69. The van der Waals surface area contributed by atoms with E-state index in [1.54, 1.807) is 37.3 Å². The molecule has 1 aliphatic heterocycles. The van der Waals surface area contributed by atoms with Gasteiger partial charge in [0.05, 0.1) is 18.2 Å². The molecule has 8 nitrogen and oxygen atoms in total. The van der Waals surface area contributed by atoms with Crippen LogP contribution in [0.1, 0.15) is 37.6 Å². The Morgan fingerprint density at radius 2 is 1.75 bits per heavy atom. The molecule has 0 spiro atoms. The van der Waals surface area contributed by atoms with Gasteiger partial charge in [-0.2, -0.15) is 0 Å². The largest absolute Gasteiger partial charge is 0.465 e. The standard InChI is InChI=1S/C20H26N2O6/c1-4-27-20(26)17-16(22-17)18(24)21-14(10-12(2)3)15(23)11-28-19(25)13-8-6-5-7-9-13/h5-9,12,14,16-17,22H,4,10-11H2,1-3H3,(H,21,24). The summed E-state index contributed by atoms with van der Waals surface area (Å²) < 4.78 is 9.94. The van der Waals surface area contributed by atoms with Crippen molar-refractivity contribution in [2.75, 3.05) is 13.2 Å². The number of ether oxygens (including phenoxy) is 2. The summed E-state index contributed by atoms with van der Waals surface area (Å²) in [5.41, 5.74) is 0.346. The van der Waals surface area contributed by atoms with Crippen molar-refractivity contribution in [2.45, 2.75) is 45.3 Å². The fourth-order valence-corrected chi connectivity index (χ4v) is 2.70. The molecule has 3 atom stereocenters. The Hall–Kier alpha value is -2.74. The predicted octanol–water partition coefficient (Wildman–Crippen LogP) is 0.847. The van der Waals surface area contributed by atoms with Gasteiger partial charge in [0, 0.05) is 0 Å². The van der Waals surface area contributed by atoms with Gasteiger partial charge in [0.15, 0.2) is 12.4 Å². The highest BCUT2D eigenvalue weighted by atomic mass is 16.5. The fourth-order valence-electron chi connectivity index (χ4n) is 2.70. The van der Waals surface area contributed by atoms with Crippen LogP contribution in [0.15, 0.2) is 30.3 Å². The molecule has 152 valence electrons. The maximum atomic E-state index is 12.5. The minimum Gasteiger partial charge on any atom is -0.465 e. The first-order chi connectivity index (χ1) is 13.3. The van der Waals surface area contributed by atoms with Gasteiger partial charge in [-0.1, -0.05) is 32.0 Å². The Balaban J connectivity index is 1.89. The number of benzene rings is 1. The number of amides is 1. The van der Waals surface area contributed by atoms with Gasteiger partial charge in [-0.3, -0.25) is 19.7 Å². The molecule has 28 heavy (non-hydrogen) atoms. The summed E-state index contributed by atoms with van der Waals surface area (Å²) in [7, 11) is 0. The zero-order valence-corrected chi connectivity index (χ0v) is 16.3. The molecule has 8 heteroatoms. The van der Waals surface area contributed by atoms with Crippen molar-refractivity contribution in [1.29, 1.82) is 0 Å². The molecule has 1 aromatic rings. The molecule has 0 aromatic heterocycles. The van der Waals surface area contributed by atoms with E-state index in [4.69, 9.17) is 9.47 Å². The molecule has 1 heterocycles. The van der Waals surface area contributed by atoms with Crippen LogP contribution >= 0.6 is 0 Å². The highest BCUT2D eigenvalue weighted by molar-refractivity contribution is 5.98. The summed E-state index contributed by atoms with van der Waals surface area (Å²) in [5.74, 6) is -1.82. The van der Waals surface area contributed by atoms with Gasteiger partial charge in [-0.15, -0.1) is 0 Å². The quantitative estimate of drug-likeness (QED) is 0.449. The van der Waals surface area contributed by atoms with Gasteiger partial charge in [0.1, 0.15) is 12.1 Å². The van der Waals surface area contributed by atoms with Gasteiger partial charge in [-0.25, -0.2) is 4.79 Å².